The number of halogens is 1. The fourth-order valence-corrected chi connectivity index (χ4v) is 1.46. The van der Waals surface area contributed by atoms with Crippen LogP contribution >= 0.6 is 0 Å². The smallest absolute Gasteiger partial charge is 0.137 e. The first-order chi connectivity index (χ1) is 7.31. The number of nitrogens with zero attached hydrogens (tertiary/aromatic N) is 2. The minimum Gasteiger partial charge on any atom is -1.00 e. The molecule has 0 aliphatic carbocycles. The molecule has 3 nitrogen and oxygen atoms in total. The fraction of sp³-hybridized carbons (Fsp3) is 0.333. The molecule has 4 heteroatoms. The number of hydrogen-bond acceptors (Lipinski definition) is 3. The molecule has 1 aromatic heterocycles. The minimum absolute atomic E-state index is 0. The maximum atomic E-state index is 4.27. The lowest BCUT2D eigenvalue weighted by molar-refractivity contribution is -0.00000330. The number of para-hydroxylation sites is 1. The molecule has 1 N–H and O–H groups in total. The molecule has 0 aliphatic heterocycles. The molecule has 0 aliphatic rings. The summed E-state index contributed by atoms with van der Waals surface area (Å²) in [6.07, 6.45) is 2.69. The van der Waals surface area contributed by atoms with Crippen molar-refractivity contribution in [3.05, 3.63) is 30.6 Å². The van der Waals surface area contributed by atoms with E-state index in [4.69, 9.17) is 0 Å². The Bertz CT molecular complexity index is 453. The van der Waals surface area contributed by atoms with Crippen molar-refractivity contribution >= 4 is 16.7 Å². The van der Waals surface area contributed by atoms with Crippen molar-refractivity contribution in [2.45, 2.75) is 26.3 Å². The van der Waals surface area contributed by atoms with E-state index in [-0.39, 0.29) is 12.4 Å². The first kappa shape index (κ1) is 12.7. The number of anilines is 1. The van der Waals surface area contributed by atoms with Crippen LogP contribution in [0, 0.1) is 0 Å². The highest BCUT2D eigenvalue weighted by atomic mass is 35.5. The molecule has 1 aromatic carbocycles. The van der Waals surface area contributed by atoms with E-state index in [2.05, 4.69) is 29.1 Å². The number of hydrogen-bond donors (Lipinski definition) is 1. The molecule has 0 amide bonds. The molecule has 0 fully saturated rings. The van der Waals surface area contributed by atoms with Gasteiger partial charge in [0, 0.05) is 11.4 Å². The van der Waals surface area contributed by atoms with Gasteiger partial charge in [-0.2, -0.15) is 0 Å². The lowest BCUT2D eigenvalue weighted by atomic mass is 10.2. The third kappa shape index (κ3) is 2.61. The zero-order valence-corrected chi connectivity index (χ0v) is 10.2. The van der Waals surface area contributed by atoms with Crippen LogP contribution in [0.25, 0.3) is 10.9 Å². The Morgan fingerprint density at radius 2 is 2.00 bits per heavy atom. The summed E-state index contributed by atoms with van der Waals surface area (Å²) in [5.74, 6) is 0.926. The summed E-state index contributed by atoms with van der Waals surface area (Å²) in [5.41, 5.74) is 0.985. The van der Waals surface area contributed by atoms with Crippen molar-refractivity contribution in [3.8, 4) is 0 Å². The number of rotatable bonds is 3. The number of aromatic nitrogens is 2. The topological polar surface area (TPSA) is 37.8 Å². The van der Waals surface area contributed by atoms with E-state index in [1.807, 2.05) is 24.3 Å². The molecule has 2 aromatic rings. The van der Waals surface area contributed by atoms with Gasteiger partial charge in [0.15, 0.2) is 0 Å². The number of fused-ring (bicyclic) bond motifs is 1. The molecule has 2 rings (SSSR count). The normalized spacial score (nSPS) is 11.9. The van der Waals surface area contributed by atoms with Gasteiger partial charge in [0.1, 0.15) is 12.1 Å². The predicted molar refractivity (Wildman–Crippen MR) is 62.9 cm³/mol. The first-order valence-corrected chi connectivity index (χ1v) is 5.27. The maximum absolute atomic E-state index is 4.27. The molecule has 0 bridgehead atoms. The Kier molecular flexibility index (Phi) is 4.50. The fourth-order valence-electron chi connectivity index (χ4n) is 1.46. The van der Waals surface area contributed by atoms with Gasteiger partial charge in [0.05, 0.1) is 5.52 Å². The van der Waals surface area contributed by atoms with Crippen molar-refractivity contribution in [1.29, 1.82) is 0 Å². The Balaban J connectivity index is 0.00000128. The molecule has 0 saturated carbocycles. The zero-order valence-electron chi connectivity index (χ0n) is 9.44. The van der Waals surface area contributed by atoms with Gasteiger partial charge >= 0.3 is 0 Å². The van der Waals surface area contributed by atoms with Gasteiger partial charge in [-0.1, -0.05) is 19.1 Å². The van der Waals surface area contributed by atoms with Gasteiger partial charge in [-0.3, -0.25) is 0 Å². The van der Waals surface area contributed by atoms with Crippen molar-refractivity contribution in [2.24, 2.45) is 0 Å². The highest BCUT2D eigenvalue weighted by Crippen LogP contribution is 2.19. The van der Waals surface area contributed by atoms with E-state index in [0.717, 1.165) is 23.1 Å². The van der Waals surface area contributed by atoms with Gasteiger partial charge in [0.25, 0.3) is 0 Å². The Morgan fingerprint density at radius 3 is 2.75 bits per heavy atom. The highest BCUT2D eigenvalue weighted by molar-refractivity contribution is 5.88. The third-order valence-electron chi connectivity index (χ3n) is 2.54. The Morgan fingerprint density at radius 1 is 1.25 bits per heavy atom. The standard InChI is InChI=1S/C12H15N3.ClH/c1-3-9(2)15-12-10-6-4-5-7-11(10)13-8-14-12;/h4-9H,3H2,1-2H3,(H,13,14,15);1H/p-1. The van der Waals surface area contributed by atoms with Crippen molar-refractivity contribution in [2.75, 3.05) is 5.32 Å². The Hall–Kier alpha value is -1.35. The van der Waals surface area contributed by atoms with E-state index in [1.165, 1.54) is 0 Å². The maximum Gasteiger partial charge on any atom is 0.137 e. The van der Waals surface area contributed by atoms with Crippen LogP contribution in [0.2, 0.25) is 0 Å². The van der Waals surface area contributed by atoms with Gasteiger partial charge in [-0.05, 0) is 25.5 Å². The zero-order chi connectivity index (χ0) is 10.7. The quantitative estimate of drug-likeness (QED) is 0.805. The van der Waals surface area contributed by atoms with Gasteiger partial charge in [-0.25, -0.2) is 9.97 Å². The molecule has 1 atom stereocenters. The molecule has 1 heterocycles. The van der Waals surface area contributed by atoms with Crippen LogP contribution < -0.4 is 17.7 Å². The molecule has 86 valence electrons. The van der Waals surface area contributed by atoms with E-state index in [1.54, 1.807) is 6.33 Å². The number of nitrogens with one attached hydrogen (secondary N) is 1. The molecule has 1 unspecified atom stereocenters. The van der Waals surface area contributed by atoms with Gasteiger partial charge in [0.2, 0.25) is 0 Å². The molecular weight excluding hydrogens is 222 g/mol. The average molecular weight is 237 g/mol. The van der Waals surface area contributed by atoms with E-state index in [9.17, 15) is 0 Å². The van der Waals surface area contributed by atoms with Crippen molar-refractivity contribution in [1.82, 2.24) is 9.97 Å². The highest BCUT2D eigenvalue weighted by Gasteiger charge is 2.04. The van der Waals surface area contributed by atoms with Crippen molar-refractivity contribution in [3.63, 3.8) is 0 Å². The molecule has 0 radical (unpaired) electrons. The second kappa shape index (κ2) is 5.66. The van der Waals surface area contributed by atoms with Crippen LogP contribution in [0.5, 0.6) is 0 Å². The summed E-state index contributed by atoms with van der Waals surface area (Å²) < 4.78 is 0. The van der Waals surface area contributed by atoms with Crippen LogP contribution in [-0.4, -0.2) is 16.0 Å². The van der Waals surface area contributed by atoms with Crippen LogP contribution in [0.15, 0.2) is 30.6 Å². The van der Waals surface area contributed by atoms with E-state index >= 15 is 0 Å². The summed E-state index contributed by atoms with van der Waals surface area (Å²) in [5, 5.41) is 4.47. The second-order valence-corrected chi connectivity index (χ2v) is 3.69. The van der Waals surface area contributed by atoms with Crippen LogP contribution in [-0.2, 0) is 0 Å². The summed E-state index contributed by atoms with van der Waals surface area (Å²) >= 11 is 0. The molecular formula is C12H15ClN3-. The van der Waals surface area contributed by atoms with Crippen molar-refractivity contribution < 1.29 is 12.4 Å². The summed E-state index contributed by atoms with van der Waals surface area (Å²) in [6, 6.07) is 8.47. The molecule has 0 saturated heterocycles. The van der Waals surface area contributed by atoms with Crippen LogP contribution in [0.3, 0.4) is 0 Å². The SMILES string of the molecule is CCC(C)Nc1ncnc2ccccc12.[Cl-]. The van der Waals surface area contributed by atoms with Gasteiger partial charge < -0.3 is 17.7 Å². The monoisotopic (exact) mass is 236 g/mol. The lowest BCUT2D eigenvalue weighted by Crippen LogP contribution is -3.00. The Labute approximate surface area is 102 Å². The molecule has 16 heavy (non-hydrogen) atoms. The van der Waals surface area contributed by atoms with Crippen LogP contribution in [0.4, 0.5) is 5.82 Å². The van der Waals surface area contributed by atoms with E-state index in [0.29, 0.717) is 6.04 Å². The third-order valence-corrected chi connectivity index (χ3v) is 2.54. The second-order valence-electron chi connectivity index (χ2n) is 3.69. The first-order valence-electron chi connectivity index (χ1n) is 5.27. The summed E-state index contributed by atoms with van der Waals surface area (Å²) in [6.45, 7) is 4.30. The van der Waals surface area contributed by atoms with Gasteiger partial charge in [-0.15, -0.1) is 0 Å². The largest absolute Gasteiger partial charge is 1.00 e. The average Bonchev–Trinajstić information content (AvgIpc) is 2.29. The predicted octanol–water partition coefficient (Wildman–Crippen LogP) is -0.156. The summed E-state index contributed by atoms with van der Waals surface area (Å²) in [4.78, 5) is 8.50. The van der Waals surface area contributed by atoms with E-state index < -0.39 is 0 Å². The van der Waals surface area contributed by atoms with Crippen LogP contribution in [0.1, 0.15) is 20.3 Å². The molecule has 0 spiro atoms. The lowest BCUT2D eigenvalue weighted by Gasteiger charge is -2.13. The summed E-state index contributed by atoms with van der Waals surface area (Å²) in [7, 11) is 0. The number of benzene rings is 1. The minimum atomic E-state index is 0.